The highest BCUT2D eigenvalue weighted by molar-refractivity contribution is 4.89. The molecule has 0 aromatic rings. The number of rotatable bonds is 2. The smallest absolute Gasteiger partial charge is 0.0774 e. The van der Waals surface area contributed by atoms with E-state index in [1.54, 1.807) is 0 Å². The van der Waals surface area contributed by atoms with Crippen LogP contribution in [0.4, 0.5) is 0 Å². The van der Waals surface area contributed by atoms with Crippen LogP contribution in [-0.4, -0.2) is 46.5 Å². The summed E-state index contributed by atoms with van der Waals surface area (Å²) in [6.07, 6.45) is 4.92. The van der Waals surface area contributed by atoms with Crippen molar-refractivity contribution in [2.45, 2.75) is 43.8 Å². The highest BCUT2D eigenvalue weighted by atomic mass is 16.3. The minimum Gasteiger partial charge on any atom is -0.392 e. The zero-order valence-electron chi connectivity index (χ0n) is 8.08. The van der Waals surface area contributed by atoms with E-state index in [-0.39, 0.29) is 6.10 Å². The molecule has 2 rings (SSSR count). The molecule has 13 heavy (non-hydrogen) atoms. The third kappa shape index (κ3) is 2.22. The first-order valence-corrected chi connectivity index (χ1v) is 5.31. The van der Waals surface area contributed by atoms with Crippen molar-refractivity contribution in [1.29, 1.82) is 0 Å². The molecule has 3 heteroatoms. The molecular weight excluding hydrogens is 166 g/mol. The number of likely N-dealkylation sites (tertiary alicyclic amines) is 1. The lowest BCUT2D eigenvalue weighted by Crippen LogP contribution is -2.40. The maximum Gasteiger partial charge on any atom is 0.0774 e. The molecule has 0 aromatic heterocycles. The van der Waals surface area contributed by atoms with Gasteiger partial charge in [0.25, 0.3) is 0 Å². The normalized spacial score (nSPS) is 34.2. The minimum absolute atomic E-state index is 0.162. The first-order valence-electron chi connectivity index (χ1n) is 5.31. The maximum atomic E-state index is 10.1. The van der Waals surface area contributed by atoms with Crippen molar-refractivity contribution in [3.63, 3.8) is 0 Å². The van der Waals surface area contributed by atoms with Gasteiger partial charge in [-0.2, -0.15) is 0 Å². The van der Waals surface area contributed by atoms with E-state index in [2.05, 4.69) is 4.90 Å². The zero-order valence-corrected chi connectivity index (χ0v) is 8.08. The molecule has 0 bridgehead atoms. The topological polar surface area (TPSA) is 43.7 Å². The Balaban J connectivity index is 1.83. The maximum absolute atomic E-state index is 10.1. The van der Waals surface area contributed by atoms with Crippen LogP contribution in [0, 0.1) is 0 Å². The van der Waals surface area contributed by atoms with Gasteiger partial charge in [0.2, 0.25) is 0 Å². The van der Waals surface area contributed by atoms with Gasteiger partial charge in [-0.15, -0.1) is 0 Å². The van der Waals surface area contributed by atoms with Crippen LogP contribution in [0.3, 0.4) is 0 Å². The van der Waals surface area contributed by atoms with E-state index in [1.165, 1.54) is 0 Å². The highest BCUT2D eigenvalue weighted by Crippen LogP contribution is 2.30. The Labute approximate surface area is 79.4 Å². The standard InChI is InChI=1S/C10H19NO2/c12-9-3-6-11(7-9)8-10(13)4-1-2-5-10/h9,12-13H,1-8H2. The van der Waals surface area contributed by atoms with E-state index >= 15 is 0 Å². The number of hydrogen-bond donors (Lipinski definition) is 2. The zero-order chi connectivity index (χ0) is 9.31. The van der Waals surface area contributed by atoms with E-state index in [0.717, 1.165) is 51.7 Å². The molecule has 2 aliphatic rings. The fraction of sp³-hybridized carbons (Fsp3) is 1.00. The Kier molecular flexibility index (Phi) is 2.58. The second kappa shape index (κ2) is 3.56. The second-order valence-electron chi connectivity index (χ2n) is 4.61. The molecule has 1 unspecified atom stereocenters. The molecule has 76 valence electrons. The molecule has 2 N–H and O–H groups in total. The van der Waals surface area contributed by atoms with Crippen molar-refractivity contribution in [2.75, 3.05) is 19.6 Å². The Morgan fingerprint density at radius 1 is 1.31 bits per heavy atom. The van der Waals surface area contributed by atoms with Gasteiger partial charge in [0.05, 0.1) is 11.7 Å². The molecule has 0 spiro atoms. The van der Waals surface area contributed by atoms with Gasteiger partial charge in [0.15, 0.2) is 0 Å². The fourth-order valence-corrected chi connectivity index (χ4v) is 2.56. The molecule has 1 aliphatic heterocycles. The summed E-state index contributed by atoms with van der Waals surface area (Å²) in [6.45, 7) is 2.47. The van der Waals surface area contributed by atoms with Crippen LogP contribution in [0.2, 0.25) is 0 Å². The molecule has 2 fully saturated rings. The summed E-state index contributed by atoms with van der Waals surface area (Å²) >= 11 is 0. The van der Waals surface area contributed by atoms with Crippen LogP contribution < -0.4 is 0 Å². The molecule has 1 atom stereocenters. The monoisotopic (exact) mass is 185 g/mol. The summed E-state index contributed by atoms with van der Waals surface area (Å²) in [6, 6.07) is 0. The lowest BCUT2D eigenvalue weighted by molar-refractivity contribution is 0.0128. The Bertz CT molecular complexity index is 178. The molecular formula is C10H19NO2. The molecule has 1 aliphatic carbocycles. The molecule has 0 radical (unpaired) electrons. The van der Waals surface area contributed by atoms with Crippen LogP contribution in [0.25, 0.3) is 0 Å². The molecule has 1 heterocycles. The first-order chi connectivity index (χ1) is 6.18. The molecule has 3 nitrogen and oxygen atoms in total. The summed E-state index contributed by atoms with van der Waals surface area (Å²) in [4.78, 5) is 2.19. The molecule has 1 saturated heterocycles. The SMILES string of the molecule is OC1CCN(CC2(O)CCCC2)C1. The summed E-state index contributed by atoms with van der Waals surface area (Å²) in [5.41, 5.74) is -0.440. The largest absolute Gasteiger partial charge is 0.392 e. The van der Waals surface area contributed by atoms with Gasteiger partial charge in [-0.25, -0.2) is 0 Å². The van der Waals surface area contributed by atoms with Crippen molar-refractivity contribution < 1.29 is 10.2 Å². The van der Waals surface area contributed by atoms with Gasteiger partial charge in [0.1, 0.15) is 0 Å². The summed E-state index contributed by atoms with van der Waals surface area (Å²) in [5, 5.41) is 19.4. The average molecular weight is 185 g/mol. The van der Waals surface area contributed by atoms with Crippen molar-refractivity contribution in [1.82, 2.24) is 4.90 Å². The van der Waals surface area contributed by atoms with Gasteiger partial charge in [-0.05, 0) is 19.3 Å². The van der Waals surface area contributed by atoms with Crippen molar-refractivity contribution >= 4 is 0 Å². The third-order valence-electron chi connectivity index (χ3n) is 3.30. The number of hydrogen-bond acceptors (Lipinski definition) is 3. The lowest BCUT2D eigenvalue weighted by atomic mass is 10.0. The molecule has 0 amide bonds. The van der Waals surface area contributed by atoms with Gasteiger partial charge in [0, 0.05) is 19.6 Å². The third-order valence-corrected chi connectivity index (χ3v) is 3.30. The minimum atomic E-state index is -0.440. The van der Waals surface area contributed by atoms with Crippen molar-refractivity contribution in [3.05, 3.63) is 0 Å². The Hall–Kier alpha value is -0.120. The molecule has 0 aromatic carbocycles. The number of β-amino-alcohol motifs (C(OH)–C–C–N with tert-alkyl or cyclic N) is 2. The molecule has 1 saturated carbocycles. The lowest BCUT2D eigenvalue weighted by Gasteiger charge is -2.28. The summed E-state index contributed by atoms with van der Waals surface area (Å²) in [5.74, 6) is 0. The van der Waals surface area contributed by atoms with Crippen LogP contribution in [0.5, 0.6) is 0 Å². The van der Waals surface area contributed by atoms with Crippen molar-refractivity contribution in [2.24, 2.45) is 0 Å². The Morgan fingerprint density at radius 3 is 2.54 bits per heavy atom. The van der Waals surface area contributed by atoms with Gasteiger partial charge >= 0.3 is 0 Å². The van der Waals surface area contributed by atoms with E-state index in [0.29, 0.717) is 0 Å². The highest BCUT2D eigenvalue weighted by Gasteiger charge is 2.34. The van der Waals surface area contributed by atoms with E-state index in [9.17, 15) is 10.2 Å². The second-order valence-corrected chi connectivity index (χ2v) is 4.61. The predicted octanol–water partition coefficient (Wildman–Crippen LogP) is 0.358. The summed E-state index contributed by atoms with van der Waals surface area (Å²) in [7, 11) is 0. The fourth-order valence-electron chi connectivity index (χ4n) is 2.56. The number of nitrogens with zero attached hydrogens (tertiary/aromatic N) is 1. The Morgan fingerprint density at radius 2 is 2.00 bits per heavy atom. The summed E-state index contributed by atoms with van der Waals surface area (Å²) < 4.78 is 0. The van der Waals surface area contributed by atoms with E-state index in [4.69, 9.17) is 0 Å². The predicted molar refractivity (Wildman–Crippen MR) is 50.5 cm³/mol. The van der Waals surface area contributed by atoms with Crippen LogP contribution in [0.15, 0.2) is 0 Å². The number of aliphatic hydroxyl groups is 2. The van der Waals surface area contributed by atoms with E-state index < -0.39 is 5.60 Å². The number of aliphatic hydroxyl groups excluding tert-OH is 1. The van der Waals surface area contributed by atoms with Gasteiger partial charge < -0.3 is 10.2 Å². The van der Waals surface area contributed by atoms with E-state index in [1.807, 2.05) is 0 Å². The quantitative estimate of drug-likeness (QED) is 0.653. The van der Waals surface area contributed by atoms with Gasteiger partial charge in [-0.3, -0.25) is 4.90 Å². The van der Waals surface area contributed by atoms with Gasteiger partial charge in [-0.1, -0.05) is 12.8 Å². The van der Waals surface area contributed by atoms with Crippen LogP contribution in [-0.2, 0) is 0 Å². The van der Waals surface area contributed by atoms with Crippen LogP contribution >= 0.6 is 0 Å². The van der Waals surface area contributed by atoms with Crippen LogP contribution in [0.1, 0.15) is 32.1 Å². The average Bonchev–Trinajstić information content (AvgIpc) is 2.62. The first kappa shape index (κ1) is 9.44. The van der Waals surface area contributed by atoms with Crippen molar-refractivity contribution in [3.8, 4) is 0 Å².